The van der Waals surface area contributed by atoms with Crippen LogP contribution in [0.1, 0.15) is 50.2 Å². The lowest BCUT2D eigenvalue weighted by atomic mass is 10.1. The molecule has 1 heterocycles. The van der Waals surface area contributed by atoms with Gasteiger partial charge in [-0.3, -0.25) is 0 Å². The Bertz CT molecular complexity index is 296. The van der Waals surface area contributed by atoms with Crippen LogP contribution in [0.15, 0.2) is 16.5 Å². The largest absolute Gasteiger partial charge is 0.465 e. The third-order valence-electron chi connectivity index (χ3n) is 2.84. The lowest BCUT2D eigenvalue weighted by Crippen LogP contribution is -2.21. The molecule has 1 atom stereocenters. The van der Waals surface area contributed by atoms with E-state index in [2.05, 4.69) is 18.3 Å². The van der Waals surface area contributed by atoms with Crippen molar-refractivity contribution in [2.75, 3.05) is 20.3 Å². The molecule has 0 aliphatic rings. The lowest BCUT2D eigenvalue weighted by Gasteiger charge is -2.16. The van der Waals surface area contributed by atoms with Crippen molar-refractivity contribution in [1.29, 1.82) is 0 Å². The Morgan fingerprint density at radius 2 is 2.18 bits per heavy atom. The molecule has 0 bridgehead atoms. The quantitative estimate of drug-likeness (QED) is 0.670. The van der Waals surface area contributed by atoms with Crippen molar-refractivity contribution in [3.05, 3.63) is 23.7 Å². The highest BCUT2D eigenvalue weighted by Gasteiger charge is 2.13. The number of hydrogen-bond donors (Lipinski definition) is 1. The molecule has 1 aromatic rings. The van der Waals surface area contributed by atoms with Crippen molar-refractivity contribution < 1.29 is 9.15 Å². The minimum absolute atomic E-state index is 0.348. The van der Waals surface area contributed by atoms with Crippen molar-refractivity contribution in [3.63, 3.8) is 0 Å². The molecule has 1 unspecified atom stereocenters. The van der Waals surface area contributed by atoms with Gasteiger partial charge in [-0.15, -0.1) is 0 Å². The molecule has 0 spiro atoms. The molecule has 0 aliphatic carbocycles. The van der Waals surface area contributed by atoms with Crippen LogP contribution in [-0.2, 0) is 4.74 Å². The van der Waals surface area contributed by atoms with Crippen LogP contribution in [0.4, 0.5) is 0 Å². The standard InChI is InChI=1S/C14H25NO2/c1-4-10-15-13(7-5-6-11-16-3)14-9-8-12(2)17-14/h8-9,13,15H,4-7,10-11H2,1-3H3. The summed E-state index contributed by atoms with van der Waals surface area (Å²) in [4.78, 5) is 0. The Morgan fingerprint density at radius 3 is 2.76 bits per heavy atom. The molecule has 1 aromatic heterocycles. The van der Waals surface area contributed by atoms with Gasteiger partial charge < -0.3 is 14.5 Å². The maximum atomic E-state index is 5.71. The zero-order valence-electron chi connectivity index (χ0n) is 11.3. The van der Waals surface area contributed by atoms with E-state index in [0.29, 0.717) is 6.04 Å². The summed E-state index contributed by atoms with van der Waals surface area (Å²) in [7, 11) is 1.75. The number of furan rings is 1. The topological polar surface area (TPSA) is 34.4 Å². The smallest absolute Gasteiger partial charge is 0.121 e. The molecule has 0 radical (unpaired) electrons. The summed E-state index contributed by atoms with van der Waals surface area (Å²) >= 11 is 0. The van der Waals surface area contributed by atoms with E-state index in [1.165, 1.54) is 0 Å². The highest BCUT2D eigenvalue weighted by atomic mass is 16.5. The average molecular weight is 239 g/mol. The van der Waals surface area contributed by atoms with Gasteiger partial charge in [0, 0.05) is 13.7 Å². The van der Waals surface area contributed by atoms with E-state index in [9.17, 15) is 0 Å². The second-order valence-electron chi connectivity index (χ2n) is 4.44. The SMILES string of the molecule is CCCNC(CCCCOC)c1ccc(C)o1. The molecule has 1 rings (SSSR count). The van der Waals surface area contributed by atoms with Gasteiger partial charge in [-0.2, -0.15) is 0 Å². The van der Waals surface area contributed by atoms with Crippen LogP contribution >= 0.6 is 0 Å². The number of nitrogens with one attached hydrogen (secondary N) is 1. The summed E-state index contributed by atoms with van der Waals surface area (Å²) in [6.07, 6.45) is 4.53. The second-order valence-corrected chi connectivity index (χ2v) is 4.44. The fourth-order valence-electron chi connectivity index (χ4n) is 1.90. The first kappa shape index (κ1) is 14.3. The van der Waals surface area contributed by atoms with E-state index in [1.54, 1.807) is 7.11 Å². The van der Waals surface area contributed by atoms with Crippen molar-refractivity contribution in [2.24, 2.45) is 0 Å². The van der Waals surface area contributed by atoms with Crippen LogP contribution in [0.3, 0.4) is 0 Å². The molecule has 0 amide bonds. The fourth-order valence-corrected chi connectivity index (χ4v) is 1.90. The molecule has 3 heteroatoms. The molecule has 0 aromatic carbocycles. The normalized spacial score (nSPS) is 12.9. The second kappa shape index (κ2) is 8.31. The molecular weight excluding hydrogens is 214 g/mol. The maximum absolute atomic E-state index is 5.71. The van der Waals surface area contributed by atoms with Crippen molar-refractivity contribution in [2.45, 2.75) is 45.6 Å². The highest BCUT2D eigenvalue weighted by molar-refractivity contribution is 5.09. The predicted molar refractivity (Wildman–Crippen MR) is 70.2 cm³/mol. The zero-order valence-corrected chi connectivity index (χ0v) is 11.3. The summed E-state index contributed by atoms with van der Waals surface area (Å²) in [6.45, 7) is 6.06. The number of unbranched alkanes of at least 4 members (excludes halogenated alkanes) is 1. The highest BCUT2D eigenvalue weighted by Crippen LogP contribution is 2.21. The zero-order chi connectivity index (χ0) is 12.5. The van der Waals surface area contributed by atoms with Crippen LogP contribution in [0.5, 0.6) is 0 Å². The minimum atomic E-state index is 0.348. The third-order valence-corrected chi connectivity index (χ3v) is 2.84. The first-order chi connectivity index (χ1) is 8.27. The van der Waals surface area contributed by atoms with E-state index in [0.717, 1.165) is 50.4 Å². The Kier molecular flexibility index (Phi) is 6.97. The number of rotatable bonds is 9. The van der Waals surface area contributed by atoms with E-state index >= 15 is 0 Å². The van der Waals surface area contributed by atoms with E-state index in [1.807, 2.05) is 13.0 Å². The van der Waals surface area contributed by atoms with E-state index < -0.39 is 0 Å². The summed E-state index contributed by atoms with van der Waals surface area (Å²) < 4.78 is 10.8. The van der Waals surface area contributed by atoms with E-state index in [-0.39, 0.29) is 0 Å². The molecule has 0 saturated carbocycles. The third kappa shape index (κ3) is 5.37. The lowest BCUT2D eigenvalue weighted by molar-refractivity contribution is 0.190. The Morgan fingerprint density at radius 1 is 1.35 bits per heavy atom. The Balaban J connectivity index is 2.42. The van der Waals surface area contributed by atoms with Crippen LogP contribution in [0, 0.1) is 6.92 Å². The Labute approximate surface area is 105 Å². The van der Waals surface area contributed by atoms with Gasteiger partial charge >= 0.3 is 0 Å². The first-order valence-corrected chi connectivity index (χ1v) is 6.56. The molecule has 98 valence electrons. The van der Waals surface area contributed by atoms with Crippen LogP contribution < -0.4 is 5.32 Å². The van der Waals surface area contributed by atoms with Crippen molar-refractivity contribution in [1.82, 2.24) is 5.32 Å². The van der Waals surface area contributed by atoms with Crippen LogP contribution in [-0.4, -0.2) is 20.3 Å². The monoisotopic (exact) mass is 239 g/mol. The van der Waals surface area contributed by atoms with Crippen molar-refractivity contribution >= 4 is 0 Å². The first-order valence-electron chi connectivity index (χ1n) is 6.56. The van der Waals surface area contributed by atoms with Gasteiger partial charge in [0.1, 0.15) is 11.5 Å². The Hall–Kier alpha value is -0.800. The predicted octanol–water partition coefficient (Wildman–Crippen LogP) is 3.45. The summed E-state index contributed by atoms with van der Waals surface area (Å²) in [6, 6.07) is 4.46. The van der Waals surface area contributed by atoms with Gasteiger partial charge in [0.25, 0.3) is 0 Å². The molecule has 3 nitrogen and oxygen atoms in total. The molecule has 17 heavy (non-hydrogen) atoms. The number of hydrogen-bond acceptors (Lipinski definition) is 3. The fraction of sp³-hybridized carbons (Fsp3) is 0.714. The van der Waals surface area contributed by atoms with Gasteiger partial charge in [0.15, 0.2) is 0 Å². The molecule has 1 N–H and O–H groups in total. The van der Waals surface area contributed by atoms with Gasteiger partial charge in [-0.05, 0) is 51.3 Å². The van der Waals surface area contributed by atoms with Crippen LogP contribution in [0.2, 0.25) is 0 Å². The summed E-state index contributed by atoms with van der Waals surface area (Å²) in [5, 5.41) is 3.54. The van der Waals surface area contributed by atoms with Crippen molar-refractivity contribution in [3.8, 4) is 0 Å². The van der Waals surface area contributed by atoms with Gasteiger partial charge in [0.05, 0.1) is 6.04 Å². The number of methoxy groups -OCH3 is 1. The average Bonchev–Trinajstić information content (AvgIpc) is 2.75. The molecule has 0 aliphatic heterocycles. The van der Waals surface area contributed by atoms with Gasteiger partial charge in [-0.25, -0.2) is 0 Å². The molecule has 0 saturated heterocycles. The van der Waals surface area contributed by atoms with Gasteiger partial charge in [-0.1, -0.05) is 6.92 Å². The molecular formula is C14H25NO2. The molecule has 0 fully saturated rings. The van der Waals surface area contributed by atoms with Crippen LogP contribution in [0.25, 0.3) is 0 Å². The minimum Gasteiger partial charge on any atom is -0.465 e. The summed E-state index contributed by atoms with van der Waals surface area (Å²) in [5.74, 6) is 2.05. The number of aryl methyl sites for hydroxylation is 1. The van der Waals surface area contributed by atoms with E-state index in [4.69, 9.17) is 9.15 Å². The number of ether oxygens (including phenoxy) is 1. The summed E-state index contributed by atoms with van der Waals surface area (Å²) in [5.41, 5.74) is 0. The maximum Gasteiger partial charge on any atom is 0.121 e. The van der Waals surface area contributed by atoms with Gasteiger partial charge in [0.2, 0.25) is 0 Å².